The second kappa shape index (κ2) is 8.28. The molecule has 0 saturated heterocycles. The first-order valence-corrected chi connectivity index (χ1v) is 9.57. The molecule has 0 aliphatic carbocycles. The van der Waals surface area contributed by atoms with Gasteiger partial charge in [0.1, 0.15) is 22.3 Å². The second-order valence-electron chi connectivity index (χ2n) is 5.87. The molecular weight excluding hydrogens is 372 g/mol. The maximum absolute atomic E-state index is 13.0. The molecule has 0 aromatic heterocycles. The SMILES string of the molecule is O=S(=O)(Oc1cccc(CNCc2ccc(F)cc2)c1)c1ccc(F)cc1. The van der Waals surface area contributed by atoms with E-state index in [1.165, 1.54) is 18.2 Å². The summed E-state index contributed by atoms with van der Waals surface area (Å²) in [5.41, 5.74) is 1.76. The van der Waals surface area contributed by atoms with Gasteiger partial charge in [0.05, 0.1) is 0 Å². The summed E-state index contributed by atoms with van der Waals surface area (Å²) in [5, 5.41) is 3.20. The quantitative estimate of drug-likeness (QED) is 0.620. The second-order valence-corrected chi connectivity index (χ2v) is 7.42. The van der Waals surface area contributed by atoms with Crippen LogP contribution in [0.4, 0.5) is 8.78 Å². The van der Waals surface area contributed by atoms with E-state index in [1.54, 1.807) is 24.3 Å². The van der Waals surface area contributed by atoms with Crippen LogP contribution in [-0.2, 0) is 23.2 Å². The third-order valence-corrected chi connectivity index (χ3v) is 5.04. The van der Waals surface area contributed by atoms with Gasteiger partial charge in [0.2, 0.25) is 0 Å². The molecule has 1 N–H and O–H groups in total. The van der Waals surface area contributed by atoms with Gasteiger partial charge in [0, 0.05) is 13.1 Å². The number of benzene rings is 3. The molecule has 3 aromatic rings. The van der Waals surface area contributed by atoms with Gasteiger partial charge in [0.25, 0.3) is 0 Å². The van der Waals surface area contributed by atoms with Crippen molar-refractivity contribution in [2.75, 3.05) is 0 Å². The van der Waals surface area contributed by atoms with Crippen LogP contribution in [-0.4, -0.2) is 8.42 Å². The number of hydrogen-bond donors (Lipinski definition) is 1. The third kappa shape index (κ3) is 5.35. The van der Waals surface area contributed by atoms with E-state index in [2.05, 4.69) is 5.32 Å². The van der Waals surface area contributed by atoms with E-state index in [9.17, 15) is 17.2 Å². The predicted octanol–water partition coefficient (Wildman–Crippen LogP) is 4.02. The summed E-state index contributed by atoms with van der Waals surface area (Å²) in [6.07, 6.45) is 0. The Morgan fingerprint density at radius 2 is 1.37 bits per heavy atom. The van der Waals surface area contributed by atoms with Crippen molar-refractivity contribution in [2.45, 2.75) is 18.0 Å². The van der Waals surface area contributed by atoms with Crippen LogP contribution in [0.2, 0.25) is 0 Å². The minimum Gasteiger partial charge on any atom is -0.379 e. The first kappa shape index (κ1) is 19.0. The Bertz CT molecular complexity index is 1000. The average molecular weight is 389 g/mol. The molecule has 0 radical (unpaired) electrons. The minimum atomic E-state index is -4.04. The zero-order valence-electron chi connectivity index (χ0n) is 14.2. The van der Waals surface area contributed by atoms with Crippen LogP contribution >= 0.6 is 0 Å². The smallest absolute Gasteiger partial charge is 0.339 e. The number of hydrogen-bond acceptors (Lipinski definition) is 4. The van der Waals surface area contributed by atoms with Gasteiger partial charge in [-0.1, -0.05) is 24.3 Å². The van der Waals surface area contributed by atoms with Crippen molar-refractivity contribution in [3.05, 3.63) is 95.6 Å². The molecule has 0 atom stereocenters. The fourth-order valence-electron chi connectivity index (χ4n) is 2.44. The monoisotopic (exact) mass is 389 g/mol. The molecule has 0 amide bonds. The van der Waals surface area contributed by atoms with E-state index >= 15 is 0 Å². The molecule has 27 heavy (non-hydrogen) atoms. The van der Waals surface area contributed by atoms with E-state index in [0.717, 1.165) is 35.4 Å². The molecule has 3 aromatic carbocycles. The molecule has 0 aliphatic rings. The molecule has 0 saturated carbocycles. The van der Waals surface area contributed by atoms with Crippen LogP contribution in [0, 0.1) is 11.6 Å². The summed E-state index contributed by atoms with van der Waals surface area (Å²) in [7, 11) is -4.04. The molecule has 7 heteroatoms. The topological polar surface area (TPSA) is 55.4 Å². The summed E-state index contributed by atoms with van der Waals surface area (Å²) in [6.45, 7) is 1.02. The Kier molecular flexibility index (Phi) is 5.83. The average Bonchev–Trinajstić information content (AvgIpc) is 2.64. The van der Waals surface area contributed by atoms with Crippen molar-refractivity contribution in [2.24, 2.45) is 0 Å². The van der Waals surface area contributed by atoms with Crippen LogP contribution < -0.4 is 9.50 Å². The lowest BCUT2D eigenvalue weighted by atomic mass is 10.2. The van der Waals surface area contributed by atoms with Gasteiger partial charge in [-0.2, -0.15) is 8.42 Å². The third-order valence-electron chi connectivity index (χ3n) is 3.78. The van der Waals surface area contributed by atoms with E-state index in [1.807, 2.05) is 6.07 Å². The number of rotatable bonds is 7. The van der Waals surface area contributed by atoms with Gasteiger partial charge in [-0.05, 0) is 59.7 Å². The molecule has 3 rings (SSSR count). The van der Waals surface area contributed by atoms with Crippen molar-refractivity contribution in [3.63, 3.8) is 0 Å². The normalized spacial score (nSPS) is 11.3. The Labute approximate surface area is 156 Å². The zero-order chi connectivity index (χ0) is 19.3. The molecule has 0 fully saturated rings. The Hall–Kier alpha value is -2.77. The van der Waals surface area contributed by atoms with Crippen molar-refractivity contribution >= 4 is 10.1 Å². The highest BCUT2D eigenvalue weighted by molar-refractivity contribution is 7.87. The van der Waals surface area contributed by atoms with Gasteiger partial charge in [-0.15, -0.1) is 0 Å². The van der Waals surface area contributed by atoms with Crippen LogP contribution in [0.1, 0.15) is 11.1 Å². The standard InChI is InChI=1S/C20H17F2NO3S/c21-17-6-4-15(5-7-17)13-23-14-16-2-1-3-19(12-16)26-27(24,25)20-10-8-18(22)9-11-20/h1-12,23H,13-14H2. The summed E-state index contributed by atoms with van der Waals surface area (Å²) in [6, 6.07) is 17.3. The predicted molar refractivity (Wildman–Crippen MR) is 97.6 cm³/mol. The largest absolute Gasteiger partial charge is 0.379 e. The lowest BCUT2D eigenvalue weighted by Crippen LogP contribution is -2.13. The van der Waals surface area contributed by atoms with Gasteiger partial charge in [0.15, 0.2) is 0 Å². The van der Waals surface area contributed by atoms with E-state index in [-0.39, 0.29) is 16.5 Å². The lowest BCUT2D eigenvalue weighted by Gasteiger charge is -2.09. The van der Waals surface area contributed by atoms with Gasteiger partial charge < -0.3 is 9.50 Å². The molecule has 0 unspecified atom stereocenters. The molecule has 0 aliphatic heterocycles. The van der Waals surface area contributed by atoms with Crippen molar-refractivity contribution in [1.82, 2.24) is 5.32 Å². The highest BCUT2D eigenvalue weighted by Crippen LogP contribution is 2.20. The highest BCUT2D eigenvalue weighted by Gasteiger charge is 2.16. The molecule has 0 heterocycles. The van der Waals surface area contributed by atoms with Crippen LogP contribution in [0.3, 0.4) is 0 Å². The van der Waals surface area contributed by atoms with E-state index in [0.29, 0.717) is 13.1 Å². The fourth-order valence-corrected chi connectivity index (χ4v) is 3.36. The van der Waals surface area contributed by atoms with Crippen molar-refractivity contribution in [3.8, 4) is 5.75 Å². The lowest BCUT2D eigenvalue weighted by molar-refractivity contribution is 0.485. The molecular formula is C20H17F2NO3S. The van der Waals surface area contributed by atoms with Gasteiger partial charge in [-0.3, -0.25) is 0 Å². The summed E-state index contributed by atoms with van der Waals surface area (Å²) in [5.74, 6) is -0.644. The highest BCUT2D eigenvalue weighted by atomic mass is 32.2. The van der Waals surface area contributed by atoms with Crippen molar-refractivity contribution < 1.29 is 21.4 Å². The van der Waals surface area contributed by atoms with Crippen LogP contribution in [0.25, 0.3) is 0 Å². The maximum Gasteiger partial charge on any atom is 0.339 e. The van der Waals surface area contributed by atoms with E-state index in [4.69, 9.17) is 4.18 Å². The van der Waals surface area contributed by atoms with Crippen LogP contribution in [0.5, 0.6) is 5.75 Å². The first-order chi connectivity index (χ1) is 12.9. The Balaban J connectivity index is 1.63. The summed E-state index contributed by atoms with van der Waals surface area (Å²) < 4.78 is 55.5. The maximum atomic E-state index is 13.0. The fraction of sp³-hybridized carbons (Fsp3) is 0.100. The van der Waals surface area contributed by atoms with Crippen molar-refractivity contribution in [1.29, 1.82) is 0 Å². The summed E-state index contributed by atoms with van der Waals surface area (Å²) >= 11 is 0. The molecule has 4 nitrogen and oxygen atoms in total. The van der Waals surface area contributed by atoms with Gasteiger partial charge >= 0.3 is 10.1 Å². The number of nitrogens with one attached hydrogen (secondary N) is 1. The summed E-state index contributed by atoms with van der Waals surface area (Å²) in [4.78, 5) is -0.122. The van der Waals surface area contributed by atoms with E-state index < -0.39 is 15.9 Å². The minimum absolute atomic E-state index is 0.122. The van der Waals surface area contributed by atoms with Gasteiger partial charge in [-0.25, -0.2) is 8.78 Å². The Morgan fingerprint density at radius 1 is 0.778 bits per heavy atom. The zero-order valence-corrected chi connectivity index (χ0v) is 15.0. The Morgan fingerprint density at radius 3 is 2.04 bits per heavy atom. The first-order valence-electron chi connectivity index (χ1n) is 8.16. The number of halogens is 2. The van der Waals surface area contributed by atoms with Crippen LogP contribution in [0.15, 0.2) is 77.7 Å². The molecule has 0 spiro atoms. The molecule has 140 valence electrons. The molecule has 0 bridgehead atoms.